The van der Waals surface area contributed by atoms with Crippen LogP contribution in [0, 0.1) is 6.92 Å². The third-order valence-corrected chi connectivity index (χ3v) is 2.91. The molecule has 2 nitrogen and oxygen atoms in total. The van der Waals surface area contributed by atoms with Gasteiger partial charge in [-0.15, -0.1) is 0 Å². The largest absolute Gasteiger partial charge is 0.289 e. The highest BCUT2D eigenvalue weighted by atomic mass is 16.1. The van der Waals surface area contributed by atoms with Crippen LogP contribution in [-0.4, -0.2) is 10.8 Å². The zero-order valence-corrected chi connectivity index (χ0v) is 11.0. The second-order valence-corrected chi connectivity index (χ2v) is 4.48. The molecule has 2 heteroatoms. The van der Waals surface area contributed by atoms with E-state index >= 15 is 0 Å². The molecule has 0 atom stereocenters. The van der Waals surface area contributed by atoms with E-state index in [1.165, 1.54) is 5.56 Å². The van der Waals surface area contributed by atoms with Gasteiger partial charge >= 0.3 is 0 Å². The number of hydrogen-bond donors (Lipinski definition) is 0. The lowest BCUT2D eigenvalue weighted by Crippen LogP contribution is -1.95. The number of hydrogen-bond acceptors (Lipinski definition) is 2. The molecule has 0 N–H and O–H groups in total. The predicted molar refractivity (Wildman–Crippen MR) is 77.2 cm³/mol. The van der Waals surface area contributed by atoms with Crippen molar-refractivity contribution < 1.29 is 4.79 Å². The summed E-state index contributed by atoms with van der Waals surface area (Å²) in [5.74, 6) is 0.0144. The molecule has 1 heterocycles. The van der Waals surface area contributed by atoms with Gasteiger partial charge in [0.15, 0.2) is 5.78 Å². The fourth-order valence-electron chi connectivity index (χ4n) is 1.79. The Labute approximate surface area is 113 Å². The summed E-state index contributed by atoms with van der Waals surface area (Å²) >= 11 is 0. The molecule has 0 amide bonds. The van der Waals surface area contributed by atoms with Crippen molar-refractivity contribution in [2.24, 2.45) is 0 Å². The topological polar surface area (TPSA) is 30.0 Å². The van der Waals surface area contributed by atoms with Crippen molar-refractivity contribution in [3.05, 3.63) is 77.6 Å². The molecule has 19 heavy (non-hydrogen) atoms. The van der Waals surface area contributed by atoms with Crippen LogP contribution in [-0.2, 0) is 6.42 Å². The van der Waals surface area contributed by atoms with Gasteiger partial charge < -0.3 is 0 Å². The lowest BCUT2D eigenvalue weighted by molar-refractivity contribution is 0.104. The minimum Gasteiger partial charge on any atom is -0.289 e. The molecule has 2 aromatic rings. The first-order valence-corrected chi connectivity index (χ1v) is 6.43. The Morgan fingerprint density at radius 3 is 2.63 bits per heavy atom. The first-order valence-electron chi connectivity index (χ1n) is 6.43. The van der Waals surface area contributed by atoms with Crippen LogP contribution >= 0.6 is 0 Å². The van der Waals surface area contributed by atoms with E-state index in [0.29, 0.717) is 5.56 Å². The van der Waals surface area contributed by atoms with Crippen molar-refractivity contribution in [2.45, 2.75) is 19.8 Å². The SMILES string of the molecule is Cc1ccc(C(=O)/C=C/CCc2ccccc2)cn1. The second kappa shape index (κ2) is 6.64. The standard InChI is InChI=1S/C17H17NO/c1-14-11-12-16(13-18-14)17(19)10-6-5-9-15-7-3-2-4-8-15/h2-4,6-8,10-13H,5,9H2,1H3/b10-6+. The quantitative estimate of drug-likeness (QED) is 0.598. The van der Waals surface area contributed by atoms with E-state index in [4.69, 9.17) is 0 Å². The molecule has 0 saturated carbocycles. The van der Waals surface area contributed by atoms with E-state index in [1.807, 2.05) is 43.3 Å². The van der Waals surface area contributed by atoms with Gasteiger partial charge in [-0.25, -0.2) is 0 Å². The Balaban J connectivity index is 1.85. The molecule has 0 bridgehead atoms. The molecule has 2 rings (SSSR count). The molecule has 0 unspecified atom stereocenters. The monoisotopic (exact) mass is 251 g/mol. The summed E-state index contributed by atoms with van der Waals surface area (Å²) in [6.07, 6.45) is 7.01. The lowest BCUT2D eigenvalue weighted by Gasteiger charge is -1.97. The van der Waals surface area contributed by atoms with Crippen LogP contribution < -0.4 is 0 Å². The molecule has 0 aliphatic carbocycles. The van der Waals surface area contributed by atoms with E-state index in [0.717, 1.165) is 18.5 Å². The Bertz CT molecular complexity index is 556. The molecule has 0 radical (unpaired) electrons. The van der Waals surface area contributed by atoms with Gasteiger partial charge in [0.25, 0.3) is 0 Å². The highest BCUT2D eigenvalue weighted by Crippen LogP contribution is 2.05. The Kier molecular flexibility index (Phi) is 4.62. The van der Waals surface area contributed by atoms with Gasteiger partial charge in [0.2, 0.25) is 0 Å². The molecular weight excluding hydrogens is 234 g/mol. The number of aryl methyl sites for hydroxylation is 2. The van der Waals surface area contributed by atoms with Crippen molar-refractivity contribution in [3.63, 3.8) is 0 Å². The average molecular weight is 251 g/mol. The van der Waals surface area contributed by atoms with Crippen molar-refractivity contribution >= 4 is 5.78 Å². The number of rotatable bonds is 5. The highest BCUT2D eigenvalue weighted by Gasteiger charge is 2.00. The third kappa shape index (κ3) is 4.18. The van der Waals surface area contributed by atoms with Crippen molar-refractivity contribution in [1.29, 1.82) is 0 Å². The molecule has 0 aliphatic heterocycles. The van der Waals surface area contributed by atoms with Crippen LogP contribution in [0.1, 0.15) is 28.0 Å². The first-order chi connectivity index (χ1) is 9.25. The molecule has 0 spiro atoms. The van der Waals surface area contributed by atoms with Gasteiger partial charge in [0, 0.05) is 17.5 Å². The maximum atomic E-state index is 11.8. The summed E-state index contributed by atoms with van der Waals surface area (Å²) in [4.78, 5) is 16.0. The summed E-state index contributed by atoms with van der Waals surface area (Å²) in [6.45, 7) is 1.91. The number of carbonyl (C=O) groups is 1. The maximum Gasteiger partial charge on any atom is 0.187 e. The van der Waals surface area contributed by atoms with Gasteiger partial charge in [0.1, 0.15) is 0 Å². The molecule has 96 valence electrons. The Morgan fingerprint density at radius 1 is 1.16 bits per heavy atom. The van der Waals surface area contributed by atoms with Crippen LogP contribution in [0.25, 0.3) is 0 Å². The minimum atomic E-state index is 0.0144. The smallest absolute Gasteiger partial charge is 0.187 e. The molecule has 0 fully saturated rings. The fourth-order valence-corrected chi connectivity index (χ4v) is 1.79. The number of benzene rings is 1. The summed E-state index contributed by atoms with van der Waals surface area (Å²) in [5, 5.41) is 0. The van der Waals surface area contributed by atoms with Gasteiger partial charge in [-0.1, -0.05) is 36.4 Å². The molecule has 0 saturated heterocycles. The van der Waals surface area contributed by atoms with E-state index in [9.17, 15) is 4.79 Å². The van der Waals surface area contributed by atoms with E-state index in [2.05, 4.69) is 17.1 Å². The van der Waals surface area contributed by atoms with Crippen LogP contribution in [0.15, 0.2) is 60.8 Å². The first kappa shape index (κ1) is 13.2. The Hall–Kier alpha value is -2.22. The van der Waals surface area contributed by atoms with E-state index in [1.54, 1.807) is 12.3 Å². The molecule has 0 aliphatic rings. The molecule has 1 aromatic heterocycles. The number of carbonyl (C=O) groups excluding carboxylic acids is 1. The van der Waals surface area contributed by atoms with Gasteiger partial charge in [0.05, 0.1) is 0 Å². The Morgan fingerprint density at radius 2 is 1.95 bits per heavy atom. The normalized spacial score (nSPS) is 10.8. The van der Waals surface area contributed by atoms with Crippen LogP contribution in [0.5, 0.6) is 0 Å². The highest BCUT2D eigenvalue weighted by molar-refractivity contribution is 6.04. The summed E-state index contributed by atoms with van der Waals surface area (Å²) < 4.78 is 0. The zero-order valence-electron chi connectivity index (χ0n) is 11.0. The van der Waals surface area contributed by atoms with Crippen LogP contribution in [0.2, 0.25) is 0 Å². The summed E-state index contributed by atoms with van der Waals surface area (Å²) in [6, 6.07) is 13.9. The number of ketones is 1. The number of pyridine rings is 1. The van der Waals surface area contributed by atoms with Crippen molar-refractivity contribution in [1.82, 2.24) is 4.98 Å². The summed E-state index contributed by atoms with van der Waals surface area (Å²) in [5.41, 5.74) is 2.85. The van der Waals surface area contributed by atoms with Crippen molar-refractivity contribution in [3.8, 4) is 0 Å². The zero-order chi connectivity index (χ0) is 13.5. The maximum absolute atomic E-state index is 11.8. The van der Waals surface area contributed by atoms with Gasteiger partial charge in [-0.2, -0.15) is 0 Å². The number of aromatic nitrogens is 1. The van der Waals surface area contributed by atoms with Gasteiger partial charge in [-0.05, 0) is 43.5 Å². The fraction of sp³-hybridized carbons (Fsp3) is 0.176. The van der Waals surface area contributed by atoms with Crippen molar-refractivity contribution in [2.75, 3.05) is 0 Å². The second-order valence-electron chi connectivity index (χ2n) is 4.48. The van der Waals surface area contributed by atoms with E-state index < -0.39 is 0 Å². The molecular formula is C17H17NO. The molecule has 1 aromatic carbocycles. The van der Waals surface area contributed by atoms with Crippen LogP contribution in [0.4, 0.5) is 0 Å². The predicted octanol–water partition coefficient (Wildman–Crippen LogP) is 3.76. The van der Waals surface area contributed by atoms with Crippen LogP contribution in [0.3, 0.4) is 0 Å². The number of allylic oxidation sites excluding steroid dienone is 2. The average Bonchev–Trinajstić information content (AvgIpc) is 2.45. The van der Waals surface area contributed by atoms with E-state index in [-0.39, 0.29) is 5.78 Å². The van der Waals surface area contributed by atoms with Gasteiger partial charge in [-0.3, -0.25) is 9.78 Å². The minimum absolute atomic E-state index is 0.0144. The lowest BCUT2D eigenvalue weighted by atomic mass is 10.1. The summed E-state index contributed by atoms with van der Waals surface area (Å²) in [7, 11) is 0. The third-order valence-electron chi connectivity index (χ3n) is 2.91. The number of nitrogens with zero attached hydrogens (tertiary/aromatic N) is 1.